The van der Waals surface area contributed by atoms with Gasteiger partial charge in [-0.15, -0.1) is 0 Å². The molecule has 24 heteroatoms. The number of aliphatic hydroxyl groups excluding tert-OH is 1. The lowest BCUT2D eigenvalue weighted by molar-refractivity contribution is -0.379. The standard InChI is InChI=1S/C52H75IO23/c1-26-35(73-45-40(76-49(62)52(12,13)14)37(75-48(61)51(9,10)11)34(25-65-45)71-47(60)50(6,7)8)38(41(72-43(59)31-19-16-15-17-20-31)44(66-26)63-22-18-21-32(58)23-53)74-46-42(69-30(5)57)39(68-29(4)56)36(67-28(3)55)33(70-46)24-64-27(2)54/h15-17,19-20,26,32-42,44-46,58H,18,21-25H2,1-14H3/t26-,32?,33+,34+,35-,36+,37-,38+,39-,40+,41+,42+,44+,45-,46-/m0/s1. The summed E-state index contributed by atoms with van der Waals surface area (Å²) in [5.41, 5.74) is -3.32. The lowest BCUT2D eigenvalue weighted by Gasteiger charge is -2.50. The minimum atomic E-state index is -1.91. The van der Waals surface area contributed by atoms with E-state index in [1.807, 2.05) is 22.6 Å². The summed E-state index contributed by atoms with van der Waals surface area (Å²) in [6.45, 7) is 18.9. The number of rotatable bonds is 20. The van der Waals surface area contributed by atoms with Crippen molar-refractivity contribution in [3.05, 3.63) is 35.9 Å². The Morgan fingerprint density at radius 2 is 1.09 bits per heavy atom. The average Bonchev–Trinajstić information content (AvgIpc) is 3.31. The van der Waals surface area contributed by atoms with E-state index in [2.05, 4.69) is 0 Å². The average molecular weight is 1200 g/mol. The maximum Gasteiger partial charge on any atom is 0.338 e. The molecule has 15 atom stereocenters. The third-order valence-electron chi connectivity index (χ3n) is 11.6. The van der Waals surface area contributed by atoms with Crippen LogP contribution in [0, 0.1) is 16.2 Å². The molecular weight excluding hydrogens is 1120 g/mol. The molecule has 1 unspecified atom stereocenters. The highest BCUT2D eigenvalue weighted by Gasteiger charge is 2.59. The predicted molar refractivity (Wildman–Crippen MR) is 270 cm³/mol. The lowest BCUT2D eigenvalue weighted by Crippen LogP contribution is -2.68. The number of halogens is 1. The molecule has 76 heavy (non-hydrogen) atoms. The molecule has 1 aromatic carbocycles. The third kappa shape index (κ3) is 18.5. The zero-order chi connectivity index (χ0) is 57.0. The third-order valence-corrected chi connectivity index (χ3v) is 12.6. The van der Waals surface area contributed by atoms with E-state index >= 15 is 0 Å². The van der Waals surface area contributed by atoms with Gasteiger partial charge >= 0.3 is 47.8 Å². The first kappa shape index (κ1) is 64.0. The van der Waals surface area contributed by atoms with Crippen LogP contribution in [0.25, 0.3) is 0 Å². The summed E-state index contributed by atoms with van der Waals surface area (Å²) < 4.78 is 86.3. The monoisotopic (exact) mass is 1190 g/mol. The highest BCUT2D eigenvalue weighted by atomic mass is 127. The smallest absolute Gasteiger partial charge is 0.338 e. The maximum absolute atomic E-state index is 14.3. The van der Waals surface area contributed by atoms with Gasteiger partial charge in [0.15, 0.2) is 61.6 Å². The summed E-state index contributed by atoms with van der Waals surface area (Å²) in [5, 5.41) is 10.4. The highest BCUT2D eigenvalue weighted by Crippen LogP contribution is 2.39. The zero-order valence-electron chi connectivity index (χ0n) is 45.6. The summed E-state index contributed by atoms with van der Waals surface area (Å²) in [6, 6.07) is 7.81. The Morgan fingerprint density at radius 3 is 1.63 bits per heavy atom. The number of hydrogen-bond donors (Lipinski definition) is 1. The molecule has 428 valence electrons. The predicted octanol–water partition coefficient (Wildman–Crippen LogP) is 4.63. The largest absolute Gasteiger partial charge is 0.463 e. The van der Waals surface area contributed by atoms with Crippen molar-refractivity contribution in [2.75, 3.05) is 24.2 Å². The SMILES string of the molecule is CC(=O)OC[C@H]1O[C@@H](O[C@@H]2[C@@H](O[C@@H]3OC[C@@H](OC(=O)C(C)(C)C)[C@H](OC(=O)C(C)(C)C)[C@H]3OC(=O)C(C)(C)C)[C@H](C)O[C@@H](OCCCC(O)CI)[C@@H]2OC(=O)c2ccccc2)[C@H](OC(C)=O)[C@@H](OC(C)=O)[C@@H]1OC(C)=O. The molecule has 3 aliphatic rings. The fourth-order valence-electron chi connectivity index (χ4n) is 7.69. The minimum absolute atomic E-state index is 0.0617. The van der Waals surface area contributed by atoms with Gasteiger partial charge in [-0.05, 0) is 94.2 Å². The van der Waals surface area contributed by atoms with Crippen LogP contribution in [-0.4, -0.2) is 169 Å². The second-order valence-corrected chi connectivity index (χ2v) is 22.6. The van der Waals surface area contributed by atoms with Gasteiger partial charge in [-0.25, -0.2) is 4.79 Å². The number of carbonyl (C=O) groups excluding carboxylic acids is 8. The molecule has 0 bridgehead atoms. The molecule has 3 aliphatic heterocycles. The van der Waals surface area contributed by atoms with Crippen LogP contribution in [0.3, 0.4) is 0 Å². The van der Waals surface area contributed by atoms with Crippen molar-refractivity contribution in [2.24, 2.45) is 16.2 Å². The molecule has 0 aromatic heterocycles. The quantitative estimate of drug-likeness (QED) is 0.0612. The van der Waals surface area contributed by atoms with Gasteiger partial charge in [0.2, 0.25) is 0 Å². The van der Waals surface area contributed by atoms with Crippen LogP contribution in [0.15, 0.2) is 30.3 Å². The first-order valence-corrected chi connectivity index (χ1v) is 26.5. The number of hydrogen-bond acceptors (Lipinski definition) is 23. The molecule has 1 aromatic rings. The Balaban J connectivity index is 2.00. The van der Waals surface area contributed by atoms with Gasteiger partial charge in [-0.2, -0.15) is 0 Å². The summed E-state index contributed by atoms with van der Waals surface area (Å²) >= 11 is 2.04. The molecular formula is C52H75IO23. The van der Waals surface area contributed by atoms with E-state index in [0.717, 1.165) is 27.7 Å². The molecule has 0 radical (unpaired) electrons. The van der Waals surface area contributed by atoms with Crippen molar-refractivity contribution in [3.63, 3.8) is 0 Å². The van der Waals surface area contributed by atoms with Crippen LogP contribution in [-0.2, 0) is 99.9 Å². The molecule has 0 spiro atoms. The first-order chi connectivity index (χ1) is 35.3. The van der Waals surface area contributed by atoms with E-state index in [1.54, 1.807) is 80.5 Å². The van der Waals surface area contributed by atoms with Gasteiger partial charge in [0.25, 0.3) is 0 Å². The van der Waals surface area contributed by atoms with Gasteiger partial charge in [0.05, 0.1) is 47.2 Å². The zero-order valence-corrected chi connectivity index (χ0v) is 47.8. The summed E-state index contributed by atoms with van der Waals surface area (Å²) in [4.78, 5) is 106. The topological polar surface area (TPSA) is 286 Å². The highest BCUT2D eigenvalue weighted by molar-refractivity contribution is 14.1. The van der Waals surface area contributed by atoms with E-state index in [4.69, 9.17) is 66.3 Å². The molecule has 3 heterocycles. The van der Waals surface area contributed by atoms with Crippen molar-refractivity contribution in [1.29, 1.82) is 0 Å². The second kappa shape index (κ2) is 27.8. The van der Waals surface area contributed by atoms with Crippen LogP contribution in [0.4, 0.5) is 0 Å². The van der Waals surface area contributed by atoms with Gasteiger partial charge < -0.3 is 71.4 Å². The van der Waals surface area contributed by atoms with Gasteiger partial charge in [0.1, 0.15) is 24.9 Å². The van der Waals surface area contributed by atoms with Crippen molar-refractivity contribution in [2.45, 2.75) is 202 Å². The van der Waals surface area contributed by atoms with Gasteiger partial charge in [-0.1, -0.05) is 40.8 Å². The van der Waals surface area contributed by atoms with Crippen LogP contribution in [0.1, 0.15) is 120 Å². The van der Waals surface area contributed by atoms with E-state index < -0.39 is 169 Å². The van der Waals surface area contributed by atoms with Crippen molar-refractivity contribution < 1.29 is 110 Å². The van der Waals surface area contributed by atoms with Crippen molar-refractivity contribution >= 4 is 70.3 Å². The Hall–Kier alpha value is -4.57. The fraction of sp³-hybridized carbons (Fsp3) is 0.731. The number of aliphatic hydroxyl groups is 1. The van der Waals surface area contributed by atoms with Gasteiger partial charge in [0, 0.05) is 32.1 Å². The number of esters is 8. The molecule has 0 aliphatic carbocycles. The lowest BCUT2D eigenvalue weighted by atomic mass is 9.94. The molecule has 1 N–H and O–H groups in total. The maximum atomic E-state index is 14.3. The van der Waals surface area contributed by atoms with E-state index in [9.17, 15) is 43.5 Å². The summed E-state index contributed by atoms with van der Waals surface area (Å²) in [5.74, 6) is -6.77. The molecule has 3 fully saturated rings. The van der Waals surface area contributed by atoms with Crippen molar-refractivity contribution in [3.8, 4) is 0 Å². The number of carbonyl (C=O) groups is 8. The summed E-state index contributed by atoms with van der Waals surface area (Å²) in [6.07, 6.45) is -22.7. The number of alkyl halides is 1. The fourth-order valence-corrected chi connectivity index (χ4v) is 8.13. The summed E-state index contributed by atoms with van der Waals surface area (Å²) in [7, 11) is 0. The second-order valence-electron chi connectivity index (χ2n) is 21.7. The molecule has 3 saturated heterocycles. The van der Waals surface area contributed by atoms with Crippen LogP contribution in [0.2, 0.25) is 0 Å². The number of ether oxygens (including phenoxy) is 14. The molecule has 4 rings (SSSR count). The Labute approximate surface area is 456 Å². The van der Waals surface area contributed by atoms with Crippen LogP contribution >= 0.6 is 22.6 Å². The van der Waals surface area contributed by atoms with Crippen LogP contribution < -0.4 is 0 Å². The minimum Gasteiger partial charge on any atom is -0.463 e. The number of benzene rings is 1. The molecule has 0 amide bonds. The van der Waals surface area contributed by atoms with E-state index in [0.29, 0.717) is 17.3 Å². The Kier molecular flexibility index (Phi) is 23.4. The first-order valence-electron chi connectivity index (χ1n) is 25.0. The van der Waals surface area contributed by atoms with Crippen molar-refractivity contribution in [1.82, 2.24) is 0 Å². The molecule has 23 nitrogen and oxygen atoms in total. The van der Waals surface area contributed by atoms with E-state index in [1.165, 1.54) is 19.1 Å². The molecule has 0 saturated carbocycles. The Bertz CT molecular complexity index is 2150. The van der Waals surface area contributed by atoms with E-state index in [-0.39, 0.29) is 12.2 Å². The Morgan fingerprint density at radius 1 is 0.592 bits per heavy atom. The normalized spacial score (nSPS) is 29.4. The van der Waals surface area contributed by atoms with Gasteiger partial charge in [-0.3, -0.25) is 33.6 Å². The van der Waals surface area contributed by atoms with Crippen LogP contribution in [0.5, 0.6) is 0 Å².